The molecule has 0 fully saturated rings. The average molecular weight is 335 g/mol. The summed E-state index contributed by atoms with van der Waals surface area (Å²) in [5.41, 5.74) is 2.62. The molecule has 0 amide bonds. The summed E-state index contributed by atoms with van der Waals surface area (Å²) in [6.45, 7) is 0. The van der Waals surface area contributed by atoms with Gasteiger partial charge in [-0.05, 0) is 0 Å². The minimum Gasteiger partial charge on any atom is -1.00 e. The zero-order valence-electron chi connectivity index (χ0n) is 14.6. The number of hydrogen-bond donors (Lipinski definition) is 1. The summed E-state index contributed by atoms with van der Waals surface area (Å²) in [6.07, 6.45) is 0.283. The fraction of sp³-hybridized carbons (Fsp3) is 0.111. The Bertz CT molecular complexity index is 723. The number of aliphatic carboxylic acids is 1. The first-order valence-corrected chi connectivity index (χ1v) is 7.06. The number of carboxylic acids is 1. The van der Waals surface area contributed by atoms with Gasteiger partial charge in [-0.2, -0.15) is 0 Å². The molecule has 5 heteroatoms. The second-order valence-corrected chi connectivity index (χ2v) is 4.91. The molecule has 0 spiro atoms. The first-order valence-electron chi connectivity index (χ1n) is 7.06. The largest absolute Gasteiger partial charge is 2.00 e. The number of nitrogens with zero attached hydrogens (tertiary/aromatic N) is 1. The van der Waals surface area contributed by atoms with E-state index in [4.69, 9.17) is 9.52 Å². The van der Waals surface area contributed by atoms with Crippen LogP contribution in [0.4, 0.5) is 0 Å². The number of aromatic nitrogens is 1. The minimum absolute atomic E-state index is 0. The Hall–Kier alpha value is -1.62. The number of carbonyl (C=O) groups is 1. The number of aryl methyl sites for hydroxylation is 1. The molecule has 23 heavy (non-hydrogen) atoms. The van der Waals surface area contributed by atoms with Crippen molar-refractivity contribution < 1.29 is 17.2 Å². The van der Waals surface area contributed by atoms with E-state index in [1.54, 1.807) is 0 Å². The van der Waals surface area contributed by atoms with Gasteiger partial charge in [0.25, 0.3) is 0 Å². The van der Waals surface area contributed by atoms with E-state index in [0.29, 0.717) is 11.7 Å². The van der Waals surface area contributed by atoms with E-state index in [1.807, 2.05) is 60.7 Å². The van der Waals surface area contributed by atoms with Crippen molar-refractivity contribution in [2.75, 3.05) is 0 Å². The van der Waals surface area contributed by atoms with Gasteiger partial charge in [0, 0.05) is 17.5 Å². The van der Waals surface area contributed by atoms with Crippen molar-refractivity contribution in [3.05, 3.63) is 66.6 Å². The Morgan fingerprint density at radius 1 is 1.00 bits per heavy atom. The maximum Gasteiger partial charge on any atom is 2.00 e. The molecule has 0 radical (unpaired) electrons. The third kappa shape index (κ3) is 4.44. The van der Waals surface area contributed by atoms with Crippen LogP contribution in [0, 0.1) is 0 Å². The van der Waals surface area contributed by atoms with Crippen LogP contribution in [0.15, 0.2) is 65.1 Å². The van der Waals surface area contributed by atoms with Crippen LogP contribution in [0.25, 0.3) is 22.6 Å². The minimum atomic E-state index is -0.860. The molecular weight excluding hydrogens is 318 g/mol. The molecule has 1 aromatic heterocycles. The normalized spacial score (nSPS) is 10.1. The van der Waals surface area contributed by atoms with Crippen molar-refractivity contribution in [1.82, 2.24) is 4.98 Å². The van der Waals surface area contributed by atoms with Crippen LogP contribution in [0.5, 0.6) is 0 Å². The van der Waals surface area contributed by atoms with Crippen molar-refractivity contribution >= 4 is 43.7 Å². The van der Waals surface area contributed by atoms with Gasteiger partial charge in [-0.3, -0.25) is 4.79 Å². The Morgan fingerprint density at radius 3 is 2.13 bits per heavy atom. The smallest absolute Gasteiger partial charge is 1.00 e. The molecule has 0 aliphatic rings. The van der Waals surface area contributed by atoms with E-state index >= 15 is 0 Å². The number of rotatable bonds is 5. The Morgan fingerprint density at radius 2 is 1.57 bits per heavy atom. The summed E-state index contributed by atoms with van der Waals surface area (Å²) in [7, 11) is 0. The predicted octanol–water partition coefficient (Wildman–Crippen LogP) is 3.87. The molecule has 0 saturated carbocycles. The molecule has 0 aliphatic heterocycles. The second kappa shape index (κ2) is 8.29. The van der Waals surface area contributed by atoms with Gasteiger partial charge in [0.2, 0.25) is 0 Å². The van der Waals surface area contributed by atoms with Crippen LogP contribution in [-0.4, -0.2) is 53.8 Å². The van der Waals surface area contributed by atoms with Crippen LogP contribution >= 0.6 is 0 Å². The summed E-state index contributed by atoms with van der Waals surface area (Å²) >= 11 is 0. The topological polar surface area (TPSA) is 63.3 Å². The molecule has 0 atom stereocenters. The Kier molecular flexibility index (Phi) is 6.39. The molecule has 0 unspecified atom stereocenters. The third-order valence-electron chi connectivity index (χ3n) is 3.31. The number of carboxylic acid groups (broad SMARTS) is 1. The van der Waals surface area contributed by atoms with Crippen molar-refractivity contribution in [1.29, 1.82) is 0 Å². The molecule has 114 valence electrons. The monoisotopic (exact) mass is 335 g/mol. The molecule has 1 N–H and O–H groups in total. The average Bonchev–Trinajstić information content (AvgIpc) is 2.99. The SMILES string of the molecule is O=C(O)CCc1nc(-c2ccccc2)c(-c2ccccc2)o1.[Ca+2].[H-].[H-]. The fourth-order valence-electron chi connectivity index (χ4n) is 2.26. The standard InChI is InChI=1S/C18H15NO3.Ca.2H/c20-16(21)12-11-15-19-17(13-7-3-1-4-8-13)18(22-15)14-9-5-2-6-10-14;;;/h1-10H,11-12H2,(H,20,21);;;/q;+2;2*-1. The van der Waals surface area contributed by atoms with Crippen molar-refractivity contribution in [2.45, 2.75) is 12.8 Å². The van der Waals surface area contributed by atoms with Gasteiger partial charge in [0.15, 0.2) is 11.7 Å². The second-order valence-electron chi connectivity index (χ2n) is 4.91. The summed E-state index contributed by atoms with van der Waals surface area (Å²) in [6, 6.07) is 19.5. The van der Waals surface area contributed by atoms with Gasteiger partial charge in [-0.15, -0.1) is 0 Å². The van der Waals surface area contributed by atoms with Crippen LogP contribution in [0.3, 0.4) is 0 Å². The molecular formula is C18H17CaNO3. The van der Waals surface area contributed by atoms with Gasteiger partial charge in [0.05, 0.1) is 6.42 Å². The zero-order valence-corrected chi connectivity index (χ0v) is 14.8. The summed E-state index contributed by atoms with van der Waals surface area (Å²) in [5.74, 6) is 0.257. The van der Waals surface area contributed by atoms with Gasteiger partial charge in [-0.25, -0.2) is 4.98 Å². The van der Waals surface area contributed by atoms with Crippen molar-refractivity contribution in [3.8, 4) is 22.6 Å². The molecule has 2 aromatic carbocycles. The quantitative estimate of drug-likeness (QED) is 0.719. The van der Waals surface area contributed by atoms with E-state index < -0.39 is 5.97 Å². The summed E-state index contributed by atoms with van der Waals surface area (Å²) in [4.78, 5) is 15.2. The summed E-state index contributed by atoms with van der Waals surface area (Å²) < 4.78 is 5.83. The molecule has 1 heterocycles. The van der Waals surface area contributed by atoms with Crippen LogP contribution in [0.1, 0.15) is 15.2 Å². The molecule has 3 aromatic rings. The first kappa shape index (κ1) is 17.7. The van der Waals surface area contributed by atoms with E-state index in [0.717, 1.165) is 16.8 Å². The molecule has 0 saturated heterocycles. The maximum atomic E-state index is 10.7. The number of benzene rings is 2. The molecule has 0 aliphatic carbocycles. The Balaban J connectivity index is 0.00000192. The molecule has 0 bridgehead atoms. The third-order valence-corrected chi connectivity index (χ3v) is 3.31. The van der Waals surface area contributed by atoms with E-state index in [9.17, 15) is 4.79 Å². The van der Waals surface area contributed by atoms with Gasteiger partial charge >= 0.3 is 43.7 Å². The zero-order chi connectivity index (χ0) is 15.4. The van der Waals surface area contributed by atoms with Gasteiger partial charge in [-0.1, -0.05) is 60.7 Å². The van der Waals surface area contributed by atoms with Crippen LogP contribution in [-0.2, 0) is 11.2 Å². The molecule has 4 nitrogen and oxygen atoms in total. The van der Waals surface area contributed by atoms with Crippen molar-refractivity contribution in [2.24, 2.45) is 0 Å². The number of oxazole rings is 1. The predicted molar refractivity (Wildman–Crippen MR) is 91.3 cm³/mol. The van der Waals surface area contributed by atoms with E-state index in [2.05, 4.69) is 4.98 Å². The summed E-state index contributed by atoms with van der Waals surface area (Å²) in [5, 5.41) is 8.82. The van der Waals surface area contributed by atoms with Crippen LogP contribution in [0.2, 0.25) is 0 Å². The molecule has 3 rings (SSSR count). The van der Waals surface area contributed by atoms with E-state index in [1.165, 1.54) is 0 Å². The maximum absolute atomic E-state index is 10.7. The first-order chi connectivity index (χ1) is 10.7. The fourth-order valence-corrected chi connectivity index (χ4v) is 2.26. The van der Waals surface area contributed by atoms with Crippen molar-refractivity contribution in [3.63, 3.8) is 0 Å². The van der Waals surface area contributed by atoms with E-state index in [-0.39, 0.29) is 53.4 Å². The van der Waals surface area contributed by atoms with Crippen LogP contribution < -0.4 is 0 Å². The Labute approximate surface area is 167 Å². The van der Waals surface area contributed by atoms with Gasteiger partial charge in [0.1, 0.15) is 5.69 Å². The van der Waals surface area contributed by atoms with Gasteiger partial charge < -0.3 is 12.4 Å². The number of hydrogen-bond acceptors (Lipinski definition) is 3.